The molecule has 1 aliphatic carbocycles. The van der Waals surface area contributed by atoms with Gasteiger partial charge < -0.3 is 0 Å². The van der Waals surface area contributed by atoms with Crippen LogP contribution in [0, 0.1) is 11.8 Å². The molecule has 0 aromatic carbocycles. The summed E-state index contributed by atoms with van der Waals surface area (Å²) in [5, 5.41) is 0. The summed E-state index contributed by atoms with van der Waals surface area (Å²) in [5.41, 5.74) is 3.09. The highest BCUT2D eigenvalue weighted by Crippen LogP contribution is 2.35. The van der Waals surface area contributed by atoms with E-state index in [9.17, 15) is 0 Å². The molecule has 1 saturated carbocycles. The van der Waals surface area contributed by atoms with E-state index in [1.165, 1.54) is 57.8 Å². The van der Waals surface area contributed by atoms with Crippen molar-refractivity contribution in [2.75, 3.05) is 0 Å². The second-order valence-electron chi connectivity index (χ2n) is 5.39. The lowest BCUT2D eigenvalue weighted by Gasteiger charge is -2.36. The van der Waals surface area contributed by atoms with Gasteiger partial charge in [0.05, 0.1) is 0 Å². The van der Waals surface area contributed by atoms with E-state index in [0.717, 1.165) is 11.8 Å². The lowest BCUT2D eigenvalue weighted by atomic mass is 9.73. The number of hydrogen-bond donors (Lipinski definition) is 2. The fraction of sp³-hybridized carbons (Fsp3) is 1.00. The van der Waals surface area contributed by atoms with Crippen molar-refractivity contribution in [1.82, 2.24) is 5.43 Å². The van der Waals surface area contributed by atoms with Gasteiger partial charge in [-0.15, -0.1) is 0 Å². The van der Waals surface area contributed by atoms with E-state index in [2.05, 4.69) is 19.3 Å². The molecule has 16 heavy (non-hydrogen) atoms. The normalized spacial score (nSPS) is 27.9. The zero-order chi connectivity index (χ0) is 11.8. The predicted octanol–water partition coefficient (Wildman–Crippen LogP) is 3.62. The summed E-state index contributed by atoms with van der Waals surface area (Å²) < 4.78 is 0. The molecule has 96 valence electrons. The third kappa shape index (κ3) is 4.06. The number of rotatable bonds is 7. The van der Waals surface area contributed by atoms with Crippen LogP contribution in [0.5, 0.6) is 0 Å². The van der Waals surface area contributed by atoms with E-state index in [1.54, 1.807) is 0 Å². The van der Waals surface area contributed by atoms with Crippen LogP contribution >= 0.6 is 0 Å². The van der Waals surface area contributed by atoms with Gasteiger partial charge in [0.15, 0.2) is 0 Å². The zero-order valence-electron chi connectivity index (χ0n) is 11.2. The first-order valence-corrected chi connectivity index (χ1v) is 7.29. The van der Waals surface area contributed by atoms with Crippen LogP contribution in [-0.2, 0) is 0 Å². The van der Waals surface area contributed by atoms with Gasteiger partial charge in [0.25, 0.3) is 0 Å². The predicted molar refractivity (Wildman–Crippen MR) is 71.0 cm³/mol. The second kappa shape index (κ2) is 8.08. The monoisotopic (exact) mass is 226 g/mol. The molecule has 0 aliphatic heterocycles. The average molecular weight is 226 g/mol. The van der Waals surface area contributed by atoms with E-state index < -0.39 is 0 Å². The van der Waals surface area contributed by atoms with Crippen molar-refractivity contribution in [3.05, 3.63) is 0 Å². The molecule has 1 fully saturated rings. The molecular formula is C14H30N2. The Morgan fingerprint density at radius 3 is 2.56 bits per heavy atom. The molecule has 2 nitrogen and oxygen atoms in total. The highest BCUT2D eigenvalue weighted by atomic mass is 15.2. The Labute approximate surface area is 101 Å². The maximum Gasteiger partial charge on any atom is 0.0241 e. The Kier molecular flexibility index (Phi) is 7.06. The van der Waals surface area contributed by atoms with Crippen molar-refractivity contribution in [3.63, 3.8) is 0 Å². The molecular weight excluding hydrogens is 196 g/mol. The highest BCUT2D eigenvalue weighted by Gasteiger charge is 2.29. The molecule has 0 heterocycles. The van der Waals surface area contributed by atoms with Crippen LogP contribution in [0.3, 0.4) is 0 Å². The zero-order valence-corrected chi connectivity index (χ0v) is 11.2. The molecule has 0 radical (unpaired) electrons. The number of hydrazine groups is 1. The number of hydrogen-bond acceptors (Lipinski definition) is 2. The summed E-state index contributed by atoms with van der Waals surface area (Å²) in [6.45, 7) is 4.60. The van der Waals surface area contributed by atoms with E-state index in [4.69, 9.17) is 5.84 Å². The summed E-state index contributed by atoms with van der Waals surface area (Å²) in [4.78, 5) is 0. The quantitative estimate of drug-likeness (QED) is 0.395. The lowest BCUT2D eigenvalue weighted by Crippen LogP contribution is -2.44. The topological polar surface area (TPSA) is 38.0 Å². The van der Waals surface area contributed by atoms with Gasteiger partial charge in [0.1, 0.15) is 0 Å². The molecule has 1 rings (SSSR count). The molecule has 3 N–H and O–H groups in total. The van der Waals surface area contributed by atoms with Crippen molar-refractivity contribution in [2.45, 2.75) is 77.7 Å². The van der Waals surface area contributed by atoms with E-state index in [1.807, 2.05) is 0 Å². The van der Waals surface area contributed by atoms with Crippen LogP contribution in [0.1, 0.15) is 71.6 Å². The van der Waals surface area contributed by atoms with Crippen molar-refractivity contribution >= 4 is 0 Å². The second-order valence-corrected chi connectivity index (χ2v) is 5.39. The van der Waals surface area contributed by atoms with Gasteiger partial charge in [-0.05, 0) is 24.7 Å². The van der Waals surface area contributed by atoms with Crippen LogP contribution < -0.4 is 11.3 Å². The number of unbranched alkanes of at least 4 members (excludes halogenated alkanes) is 2. The average Bonchev–Trinajstić information content (AvgIpc) is 2.35. The summed E-state index contributed by atoms with van der Waals surface area (Å²) >= 11 is 0. The van der Waals surface area contributed by atoms with E-state index >= 15 is 0 Å². The van der Waals surface area contributed by atoms with Gasteiger partial charge in [-0.3, -0.25) is 11.3 Å². The highest BCUT2D eigenvalue weighted by molar-refractivity contribution is 4.83. The first kappa shape index (κ1) is 14.0. The molecule has 1 aliphatic rings. The molecule has 0 amide bonds. The molecule has 0 saturated heterocycles. The molecule has 0 aromatic heterocycles. The Balaban J connectivity index is 2.41. The Bertz CT molecular complexity index is 170. The first-order valence-electron chi connectivity index (χ1n) is 7.29. The lowest BCUT2D eigenvalue weighted by molar-refractivity contribution is 0.167. The van der Waals surface area contributed by atoms with Gasteiger partial charge in [0, 0.05) is 6.04 Å². The number of nitrogens with two attached hydrogens (primary N) is 1. The van der Waals surface area contributed by atoms with Crippen LogP contribution in [-0.4, -0.2) is 6.04 Å². The molecule has 0 bridgehead atoms. The van der Waals surface area contributed by atoms with Crippen molar-refractivity contribution < 1.29 is 0 Å². The summed E-state index contributed by atoms with van der Waals surface area (Å²) in [6, 6.07) is 0.566. The van der Waals surface area contributed by atoms with Crippen molar-refractivity contribution in [1.29, 1.82) is 0 Å². The van der Waals surface area contributed by atoms with Crippen LogP contribution in [0.4, 0.5) is 0 Å². The molecule has 3 atom stereocenters. The maximum atomic E-state index is 5.75. The van der Waals surface area contributed by atoms with Crippen LogP contribution in [0.15, 0.2) is 0 Å². The smallest absolute Gasteiger partial charge is 0.0241 e. The Morgan fingerprint density at radius 2 is 1.94 bits per heavy atom. The Morgan fingerprint density at radius 1 is 1.19 bits per heavy atom. The minimum absolute atomic E-state index is 0.566. The molecule has 0 aromatic rings. The van der Waals surface area contributed by atoms with E-state index in [-0.39, 0.29) is 0 Å². The fourth-order valence-corrected chi connectivity index (χ4v) is 3.31. The van der Waals surface area contributed by atoms with Gasteiger partial charge in [0.2, 0.25) is 0 Å². The Hall–Kier alpha value is -0.0800. The van der Waals surface area contributed by atoms with Crippen LogP contribution in [0.2, 0.25) is 0 Å². The maximum absolute atomic E-state index is 5.75. The summed E-state index contributed by atoms with van der Waals surface area (Å²) in [7, 11) is 0. The minimum atomic E-state index is 0.566. The minimum Gasteiger partial charge on any atom is -0.271 e. The standard InChI is InChI=1S/C14H30N2/c1-3-5-6-11-14(16-15)13-10-8-7-9-12(13)4-2/h12-14,16H,3-11,15H2,1-2H3. The first-order chi connectivity index (χ1) is 7.83. The van der Waals surface area contributed by atoms with Gasteiger partial charge in [-0.25, -0.2) is 0 Å². The molecule has 2 heteroatoms. The third-order valence-corrected chi connectivity index (χ3v) is 4.34. The third-order valence-electron chi connectivity index (χ3n) is 4.34. The summed E-state index contributed by atoms with van der Waals surface area (Å²) in [5.74, 6) is 7.50. The largest absolute Gasteiger partial charge is 0.271 e. The van der Waals surface area contributed by atoms with E-state index in [0.29, 0.717) is 6.04 Å². The SMILES string of the molecule is CCCCCC(NN)C1CCCCC1CC. The van der Waals surface area contributed by atoms with Crippen molar-refractivity contribution in [2.24, 2.45) is 17.7 Å². The van der Waals surface area contributed by atoms with Crippen molar-refractivity contribution in [3.8, 4) is 0 Å². The number of nitrogens with one attached hydrogen (secondary N) is 1. The fourth-order valence-electron chi connectivity index (χ4n) is 3.31. The molecule has 0 spiro atoms. The molecule has 3 unspecified atom stereocenters. The van der Waals surface area contributed by atoms with Gasteiger partial charge >= 0.3 is 0 Å². The van der Waals surface area contributed by atoms with Gasteiger partial charge in [-0.1, -0.05) is 58.8 Å². The van der Waals surface area contributed by atoms with Gasteiger partial charge in [-0.2, -0.15) is 0 Å². The van der Waals surface area contributed by atoms with Crippen LogP contribution in [0.25, 0.3) is 0 Å². The summed E-state index contributed by atoms with van der Waals surface area (Å²) in [6.07, 6.45) is 12.2.